The molecule has 0 radical (unpaired) electrons. The summed E-state index contributed by atoms with van der Waals surface area (Å²) in [5, 5.41) is 4.02. The van der Waals surface area contributed by atoms with Gasteiger partial charge in [0.05, 0.1) is 41.8 Å². The largest absolute Gasteiger partial charge is 0.495 e. The van der Waals surface area contributed by atoms with Crippen LogP contribution in [0.2, 0.25) is 0 Å². The highest BCUT2D eigenvalue weighted by atomic mass is 32.2. The van der Waals surface area contributed by atoms with Crippen molar-refractivity contribution in [3.05, 3.63) is 74.9 Å². The fourth-order valence-corrected chi connectivity index (χ4v) is 6.31. The molecule has 186 valence electrons. The molecule has 7 nitrogen and oxygen atoms in total. The minimum absolute atomic E-state index is 0.0864. The van der Waals surface area contributed by atoms with Gasteiger partial charge in [-0.15, -0.1) is 11.3 Å². The number of carbonyl (C=O) groups is 1. The molecule has 4 aromatic rings. The lowest BCUT2D eigenvalue weighted by atomic mass is 9.94. The normalized spacial score (nSPS) is 14.4. The predicted molar refractivity (Wildman–Crippen MR) is 145 cm³/mol. The summed E-state index contributed by atoms with van der Waals surface area (Å²) >= 11 is 2.74. The third-order valence-electron chi connectivity index (χ3n) is 6.14. The molecule has 0 spiro atoms. The van der Waals surface area contributed by atoms with E-state index in [1.807, 2.05) is 57.2 Å². The third-order valence-corrected chi connectivity index (χ3v) is 8.18. The number of thiophene rings is 1. The van der Waals surface area contributed by atoms with Crippen LogP contribution in [0.15, 0.2) is 58.5 Å². The van der Waals surface area contributed by atoms with Crippen molar-refractivity contribution in [3.63, 3.8) is 0 Å². The van der Waals surface area contributed by atoms with Gasteiger partial charge in [-0.1, -0.05) is 42.1 Å². The van der Waals surface area contributed by atoms with Crippen LogP contribution in [0.25, 0.3) is 15.9 Å². The number of para-hydroxylation sites is 3. The molecule has 0 fully saturated rings. The zero-order valence-electron chi connectivity index (χ0n) is 20.6. The molecule has 0 bridgehead atoms. The van der Waals surface area contributed by atoms with E-state index in [1.54, 1.807) is 23.8 Å². The van der Waals surface area contributed by atoms with Gasteiger partial charge in [-0.05, 0) is 50.1 Å². The first-order chi connectivity index (χ1) is 17.3. The lowest BCUT2D eigenvalue weighted by Crippen LogP contribution is -2.32. The molecule has 0 saturated heterocycles. The van der Waals surface area contributed by atoms with Crippen LogP contribution in [0.4, 0.5) is 5.69 Å². The summed E-state index contributed by atoms with van der Waals surface area (Å²) in [5.74, 6) is 0.459. The Morgan fingerprint density at radius 2 is 1.97 bits per heavy atom. The second kappa shape index (κ2) is 9.72. The van der Waals surface area contributed by atoms with Gasteiger partial charge in [-0.3, -0.25) is 14.2 Å². The number of thioether (sulfide) groups is 1. The molecular weight excluding hydrogens is 494 g/mol. The van der Waals surface area contributed by atoms with Crippen molar-refractivity contribution in [2.24, 2.45) is 0 Å². The Bertz CT molecular complexity index is 1520. The smallest absolute Gasteiger partial charge is 0.267 e. The third kappa shape index (κ3) is 4.66. The number of nitrogens with one attached hydrogen (secondary N) is 1. The maximum atomic E-state index is 14.0. The van der Waals surface area contributed by atoms with Gasteiger partial charge in [-0.2, -0.15) is 0 Å². The lowest BCUT2D eigenvalue weighted by Gasteiger charge is -2.30. The molecule has 0 atom stereocenters. The Hall–Kier alpha value is -3.14. The number of benzene rings is 2. The summed E-state index contributed by atoms with van der Waals surface area (Å²) in [7, 11) is 1.56. The Morgan fingerprint density at radius 3 is 2.75 bits per heavy atom. The number of nitrogens with zero attached hydrogens (tertiary/aromatic N) is 2. The summed E-state index contributed by atoms with van der Waals surface area (Å²) in [6.45, 7) is 6.51. The topological polar surface area (TPSA) is 82.5 Å². The molecule has 0 aliphatic carbocycles. The van der Waals surface area contributed by atoms with E-state index in [9.17, 15) is 9.59 Å². The Balaban J connectivity index is 1.55. The highest BCUT2D eigenvalue weighted by molar-refractivity contribution is 7.99. The van der Waals surface area contributed by atoms with E-state index in [1.165, 1.54) is 23.1 Å². The number of anilines is 1. The maximum Gasteiger partial charge on any atom is 0.267 e. The molecule has 9 heteroatoms. The lowest BCUT2D eigenvalue weighted by molar-refractivity contribution is -0.113. The Labute approximate surface area is 217 Å². The molecule has 1 aliphatic heterocycles. The van der Waals surface area contributed by atoms with Crippen LogP contribution in [0.5, 0.6) is 5.75 Å². The molecule has 2 aromatic heterocycles. The van der Waals surface area contributed by atoms with Crippen LogP contribution in [0.3, 0.4) is 0 Å². The van der Waals surface area contributed by atoms with Gasteiger partial charge in [0.1, 0.15) is 10.6 Å². The second-order valence-corrected chi connectivity index (χ2v) is 11.3. The van der Waals surface area contributed by atoms with Gasteiger partial charge >= 0.3 is 0 Å². The zero-order chi connectivity index (χ0) is 25.4. The van der Waals surface area contributed by atoms with Crippen molar-refractivity contribution in [3.8, 4) is 11.4 Å². The molecule has 36 heavy (non-hydrogen) atoms. The van der Waals surface area contributed by atoms with E-state index in [2.05, 4.69) is 5.32 Å². The number of aryl methyl sites for hydroxylation is 1. The summed E-state index contributed by atoms with van der Waals surface area (Å²) in [6, 6.07) is 15.0. The first-order valence-corrected chi connectivity index (χ1v) is 13.4. The van der Waals surface area contributed by atoms with Crippen molar-refractivity contribution in [1.29, 1.82) is 0 Å². The summed E-state index contributed by atoms with van der Waals surface area (Å²) < 4.78 is 13.0. The van der Waals surface area contributed by atoms with Crippen molar-refractivity contribution >= 4 is 44.9 Å². The molecule has 0 unspecified atom stereocenters. The highest BCUT2D eigenvalue weighted by Crippen LogP contribution is 2.38. The Morgan fingerprint density at radius 1 is 1.22 bits per heavy atom. The number of rotatable bonds is 6. The average molecular weight is 522 g/mol. The van der Waals surface area contributed by atoms with E-state index >= 15 is 0 Å². The molecule has 1 aliphatic rings. The van der Waals surface area contributed by atoms with Gasteiger partial charge < -0.3 is 14.8 Å². The number of hydrogen-bond acceptors (Lipinski definition) is 7. The fourth-order valence-electron chi connectivity index (χ4n) is 4.36. The number of hydrogen-bond donors (Lipinski definition) is 1. The monoisotopic (exact) mass is 521 g/mol. The van der Waals surface area contributed by atoms with E-state index in [0.717, 1.165) is 21.7 Å². The van der Waals surface area contributed by atoms with Crippen LogP contribution in [0, 0.1) is 6.92 Å². The molecule has 3 heterocycles. The van der Waals surface area contributed by atoms with Crippen LogP contribution in [-0.2, 0) is 22.6 Å². The Kier molecular flexibility index (Phi) is 6.63. The minimum atomic E-state index is -0.342. The van der Waals surface area contributed by atoms with Gasteiger partial charge in [0.2, 0.25) is 5.91 Å². The quantitative estimate of drug-likeness (QED) is 0.272. The van der Waals surface area contributed by atoms with Crippen LogP contribution >= 0.6 is 23.1 Å². The summed E-state index contributed by atoms with van der Waals surface area (Å²) in [6.07, 6.45) is 0.654. The standard InChI is InChI=1S/C27H27N3O4S2/c1-16-9-5-7-11-19(16)30-25(32)23-17-13-27(2,3)34-14-21(17)36-24(23)29-26(30)35-15-22(31)28-18-10-6-8-12-20(18)33-4/h5-12H,13-15H2,1-4H3,(H,28,31). The molecular formula is C27H27N3O4S2. The van der Waals surface area contributed by atoms with Gasteiger partial charge in [0.25, 0.3) is 5.56 Å². The van der Waals surface area contributed by atoms with Gasteiger partial charge in [0, 0.05) is 11.3 Å². The molecule has 1 amide bonds. The number of ether oxygens (including phenoxy) is 2. The number of methoxy groups -OCH3 is 1. The number of amides is 1. The number of aromatic nitrogens is 2. The summed E-state index contributed by atoms with van der Waals surface area (Å²) in [4.78, 5) is 33.5. The molecule has 2 aromatic carbocycles. The minimum Gasteiger partial charge on any atom is -0.495 e. The van der Waals surface area contributed by atoms with Crippen molar-refractivity contribution < 1.29 is 14.3 Å². The van der Waals surface area contributed by atoms with Crippen molar-refractivity contribution in [1.82, 2.24) is 9.55 Å². The highest BCUT2D eigenvalue weighted by Gasteiger charge is 2.31. The van der Waals surface area contributed by atoms with Crippen LogP contribution in [0.1, 0.15) is 29.9 Å². The van der Waals surface area contributed by atoms with E-state index < -0.39 is 0 Å². The van der Waals surface area contributed by atoms with E-state index in [4.69, 9.17) is 14.5 Å². The zero-order valence-corrected chi connectivity index (χ0v) is 22.2. The summed E-state index contributed by atoms with van der Waals surface area (Å²) in [5.41, 5.74) is 2.88. The van der Waals surface area contributed by atoms with E-state index in [-0.39, 0.29) is 22.8 Å². The fraction of sp³-hybridized carbons (Fsp3) is 0.296. The number of carbonyl (C=O) groups excluding carboxylic acids is 1. The van der Waals surface area contributed by atoms with Crippen molar-refractivity contribution in [2.75, 3.05) is 18.2 Å². The number of fused-ring (bicyclic) bond motifs is 3. The second-order valence-electron chi connectivity index (χ2n) is 9.27. The van der Waals surface area contributed by atoms with Gasteiger partial charge in [-0.25, -0.2) is 4.98 Å². The average Bonchev–Trinajstić information content (AvgIpc) is 3.20. The van der Waals surface area contributed by atoms with Gasteiger partial charge in [0.15, 0.2) is 5.16 Å². The van der Waals surface area contributed by atoms with Crippen molar-refractivity contribution in [2.45, 2.75) is 44.6 Å². The van der Waals surface area contributed by atoms with Crippen LogP contribution in [-0.4, -0.2) is 33.9 Å². The van der Waals surface area contributed by atoms with Crippen LogP contribution < -0.4 is 15.6 Å². The molecule has 0 saturated carbocycles. The predicted octanol–water partition coefficient (Wildman–Crippen LogP) is 5.35. The molecule has 1 N–H and O–H groups in total. The van der Waals surface area contributed by atoms with E-state index in [0.29, 0.717) is 39.8 Å². The first kappa shape index (κ1) is 24.5. The first-order valence-electron chi connectivity index (χ1n) is 11.6. The SMILES string of the molecule is COc1ccccc1NC(=O)CSc1nc2sc3c(c2c(=O)n1-c1ccccc1C)CC(C)(C)OC3. The molecule has 5 rings (SSSR count). The maximum absolute atomic E-state index is 14.0.